The molecule has 0 amide bonds. The Morgan fingerprint density at radius 2 is 2.07 bits per heavy atom. The minimum atomic E-state index is -0.753. The number of halogens is 2. The number of ether oxygens (including phenoxy) is 1. The Bertz CT molecular complexity index is 883. The van der Waals surface area contributed by atoms with Crippen molar-refractivity contribution in [2.24, 2.45) is 5.92 Å². The molecule has 1 aliphatic carbocycles. The average molecular weight is 419 g/mol. The van der Waals surface area contributed by atoms with Gasteiger partial charge in [0.25, 0.3) is 0 Å². The first kappa shape index (κ1) is 20.5. The molecule has 156 valence electrons. The van der Waals surface area contributed by atoms with E-state index in [1.54, 1.807) is 6.20 Å². The van der Waals surface area contributed by atoms with Crippen LogP contribution in [0.5, 0.6) is 0 Å². The largest absolute Gasteiger partial charge is 0.381 e. The van der Waals surface area contributed by atoms with Crippen LogP contribution >= 0.6 is 11.6 Å². The predicted octanol–water partition coefficient (Wildman–Crippen LogP) is 5.51. The minimum absolute atomic E-state index is 0.0481. The van der Waals surface area contributed by atoms with E-state index in [0.717, 1.165) is 41.6 Å². The molecule has 2 atom stereocenters. The van der Waals surface area contributed by atoms with Gasteiger partial charge in [0.05, 0.1) is 11.6 Å². The predicted molar refractivity (Wildman–Crippen MR) is 114 cm³/mol. The van der Waals surface area contributed by atoms with Crippen LogP contribution in [0.3, 0.4) is 0 Å². The number of hydrogen-bond donors (Lipinski definition) is 1. The van der Waals surface area contributed by atoms with E-state index in [2.05, 4.69) is 17.2 Å². The Kier molecular flexibility index (Phi) is 6.35. The van der Waals surface area contributed by atoms with Crippen molar-refractivity contribution in [2.75, 3.05) is 11.9 Å². The van der Waals surface area contributed by atoms with Crippen LogP contribution in [0.15, 0.2) is 24.4 Å². The smallest absolute Gasteiger partial charge is 0.140 e. The molecule has 1 N–H and O–H groups in total. The van der Waals surface area contributed by atoms with Crippen molar-refractivity contribution in [3.8, 4) is 0 Å². The zero-order valence-corrected chi connectivity index (χ0v) is 17.6. The molecule has 1 saturated carbocycles. The van der Waals surface area contributed by atoms with Crippen LogP contribution in [0, 0.1) is 5.92 Å². The van der Waals surface area contributed by atoms with Gasteiger partial charge in [-0.2, -0.15) is 0 Å². The van der Waals surface area contributed by atoms with Gasteiger partial charge in [0.15, 0.2) is 0 Å². The number of Topliss-reactive ketones (excluding diaryl/α,β-unsaturated/α-hetero) is 1. The van der Waals surface area contributed by atoms with Crippen molar-refractivity contribution in [3.63, 3.8) is 0 Å². The number of carbonyl (C=O) groups is 1. The number of nitrogens with one attached hydrogen (secondary N) is 1. The third kappa shape index (κ3) is 4.89. The number of aromatic nitrogens is 1. The number of nitrogens with zero attached hydrogens (tertiary/aromatic N) is 1. The summed E-state index contributed by atoms with van der Waals surface area (Å²) in [6, 6.07) is 5.93. The van der Waals surface area contributed by atoms with E-state index in [1.165, 1.54) is 0 Å². The first-order chi connectivity index (χ1) is 14.0. The summed E-state index contributed by atoms with van der Waals surface area (Å²) in [5, 5.41) is 5.26. The molecule has 1 aliphatic heterocycles. The highest BCUT2D eigenvalue weighted by molar-refractivity contribution is 6.31. The van der Waals surface area contributed by atoms with Crippen molar-refractivity contribution < 1.29 is 13.9 Å². The van der Waals surface area contributed by atoms with E-state index < -0.39 is 6.17 Å². The molecular weight excluding hydrogens is 391 g/mol. The molecule has 0 bridgehead atoms. The number of fused-ring (bicyclic) bond motifs is 1. The molecule has 2 aromatic rings. The molecule has 2 fully saturated rings. The van der Waals surface area contributed by atoms with Crippen LogP contribution in [0.25, 0.3) is 10.9 Å². The van der Waals surface area contributed by atoms with Crippen LogP contribution in [-0.2, 0) is 16.0 Å². The molecule has 2 heterocycles. The van der Waals surface area contributed by atoms with E-state index in [1.807, 2.05) is 18.2 Å². The zero-order valence-electron chi connectivity index (χ0n) is 16.8. The highest BCUT2D eigenvalue weighted by Gasteiger charge is 2.27. The second-order valence-electron chi connectivity index (χ2n) is 8.46. The Morgan fingerprint density at radius 1 is 1.28 bits per heavy atom. The van der Waals surface area contributed by atoms with Crippen LogP contribution in [-0.4, -0.2) is 35.7 Å². The van der Waals surface area contributed by atoms with Gasteiger partial charge in [-0.1, -0.05) is 11.6 Å². The maximum absolute atomic E-state index is 13.5. The lowest BCUT2D eigenvalue weighted by molar-refractivity contribution is -0.123. The number of ketones is 1. The standard InChI is InChI=1S/C23H28ClFN2O2/c1-14-10-19(8-9-29-14)27-23-16(11-22(28)15-2-5-18(25)6-3-15)13-26-21-7-4-17(24)12-20(21)23/h4,7,12-15,18-19H,2-3,5-6,8-11H2,1H3,(H,26,27)/t14-,15?,18?,19-/m1/s1. The summed E-state index contributed by atoms with van der Waals surface area (Å²) >= 11 is 6.27. The topological polar surface area (TPSA) is 51.2 Å². The van der Waals surface area contributed by atoms with Crippen molar-refractivity contribution >= 4 is 34.0 Å². The highest BCUT2D eigenvalue weighted by Crippen LogP contribution is 2.33. The number of alkyl halides is 1. The van der Waals surface area contributed by atoms with Crippen molar-refractivity contribution in [3.05, 3.63) is 35.0 Å². The molecule has 0 radical (unpaired) electrons. The van der Waals surface area contributed by atoms with Crippen LogP contribution in [0.2, 0.25) is 5.02 Å². The van der Waals surface area contributed by atoms with Gasteiger partial charge in [-0.3, -0.25) is 9.78 Å². The van der Waals surface area contributed by atoms with E-state index >= 15 is 0 Å². The quantitative estimate of drug-likeness (QED) is 0.695. The monoisotopic (exact) mass is 418 g/mol. The van der Waals surface area contributed by atoms with E-state index in [0.29, 0.717) is 37.1 Å². The Hall–Kier alpha value is -1.72. The number of carbonyl (C=O) groups excluding carboxylic acids is 1. The maximum atomic E-state index is 13.5. The molecular formula is C23H28ClFN2O2. The average Bonchev–Trinajstić information content (AvgIpc) is 2.70. The normalized spacial score (nSPS) is 27.7. The minimum Gasteiger partial charge on any atom is -0.381 e. The summed E-state index contributed by atoms with van der Waals surface area (Å²) < 4.78 is 19.1. The van der Waals surface area contributed by atoms with Crippen LogP contribution < -0.4 is 5.32 Å². The molecule has 0 spiro atoms. The zero-order chi connectivity index (χ0) is 20.4. The summed E-state index contributed by atoms with van der Waals surface area (Å²) in [7, 11) is 0. The Morgan fingerprint density at radius 3 is 2.83 bits per heavy atom. The molecule has 29 heavy (non-hydrogen) atoms. The van der Waals surface area contributed by atoms with Gasteiger partial charge in [0, 0.05) is 52.8 Å². The first-order valence-electron chi connectivity index (χ1n) is 10.6. The van der Waals surface area contributed by atoms with E-state index in [4.69, 9.17) is 16.3 Å². The molecule has 4 rings (SSSR count). The van der Waals surface area contributed by atoms with Crippen LogP contribution in [0.4, 0.5) is 10.1 Å². The number of benzene rings is 1. The number of rotatable bonds is 5. The summed E-state index contributed by atoms with van der Waals surface area (Å²) in [6.45, 7) is 2.81. The molecule has 6 heteroatoms. The number of anilines is 1. The van der Waals surface area contributed by atoms with Gasteiger partial charge in [0.1, 0.15) is 12.0 Å². The Balaban J connectivity index is 1.62. The first-order valence-corrected chi connectivity index (χ1v) is 11.0. The molecule has 1 saturated heterocycles. The summed E-state index contributed by atoms with van der Waals surface area (Å²) in [5.74, 6) is 0.136. The van der Waals surface area contributed by atoms with Gasteiger partial charge in [-0.25, -0.2) is 4.39 Å². The van der Waals surface area contributed by atoms with Gasteiger partial charge in [-0.15, -0.1) is 0 Å². The molecule has 0 unspecified atom stereocenters. The van der Waals surface area contributed by atoms with Crippen molar-refractivity contribution in [2.45, 2.75) is 70.2 Å². The SMILES string of the molecule is C[C@@H]1C[C@H](Nc2c(CC(=O)C3CCC(F)CC3)cnc3ccc(Cl)cc23)CCO1. The highest BCUT2D eigenvalue weighted by atomic mass is 35.5. The van der Waals surface area contributed by atoms with Crippen molar-refractivity contribution in [1.29, 1.82) is 0 Å². The van der Waals surface area contributed by atoms with Gasteiger partial charge >= 0.3 is 0 Å². The maximum Gasteiger partial charge on any atom is 0.140 e. The molecule has 2 aliphatic rings. The van der Waals surface area contributed by atoms with E-state index in [9.17, 15) is 9.18 Å². The number of hydrogen-bond acceptors (Lipinski definition) is 4. The second-order valence-corrected chi connectivity index (χ2v) is 8.90. The third-order valence-corrected chi connectivity index (χ3v) is 6.45. The lowest BCUT2D eigenvalue weighted by Gasteiger charge is -2.30. The van der Waals surface area contributed by atoms with Crippen molar-refractivity contribution in [1.82, 2.24) is 4.98 Å². The van der Waals surface area contributed by atoms with Gasteiger partial charge in [0.2, 0.25) is 0 Å². The lowest BCUT2D eigenvalue weighted by Crippen LogP contribution is -2.33. The fourth-order valence-corrected chi connectivity index (χ4v) is 4.72. The Labute approximate surface area is 176 Å². The fraction of sp³-hybridized carbons (Fsp3) is 0.565. The molecule has 1 aromatic carbocycles. The summed E-state index contributed by atoms with van der Waals surface area (Å²) in [5.41, 5.74) is 2.70. The summed E-state index contributed by atoms with van der Waals surface area (Å²) in [4.78, 5) is 17.5. The molecule has 1 aromatic heterocycles. The van der Waals surface area contributed by atoms with Crippen LogP contribution in [0.1, 0.15) is 51.0 Å². The van der Waals surface area contributed by atoms with Gasteiger partial charge < -0.3 is 10.1 Å². The fourth-order valence-electron chi connectivity index (χ4n) is 4.55. The summed E-state index contributed by atoms with van der Waals surface area (Å²) in [6.07, 6.45) is 5.69. The molecule has 4 nitrogen and oxygen atoms in total. The van der Waals surface area contributed by atoms with E-state index in [-0.39, 0.29) is 23.8 Å². The second kappa shape index (κ2) is 8.97. The lowest BCUT2D eigenvalue weighted by atomic mass is 9.83. The third-order valence-electron chi connectivity index (χ3n) is 6.22. The number of pyridine rings is 1. The van der Waals surface area contributed by atoms with Gasteiger partial charge in [-0.05, 0) is 63.6 Å².